The molecule has 4 rings (SSSR count). The number of carbonyl (C=O) groups excluding carboxylic acids is 1. The summed E-state index contributed by atoms with van der Waals surface area (Å²) < 4.78 is 4.28. The van der Waals surface area contributed by atoms with E-state index < -0.39 is 0 Å². The predicted molar refractivity (Wildman–Crippen MR) is 108 cm³/mol. The molecule has 0 unspecified atom stereocenters. The number of benzene rings is 1. The molecule has 5 nitrogen and oxygen atoms in total. The number of para-hydroxylation sites is 1. The third kappa shape index (κ3) is 2.85. The minimum absolute atomic E-state index is 0.143. The van der Waals surface area contributed by atoms with E-state index in [-0.39, 0.29) is 5.91 Å². The molecule has 0 bridgehead atoms. The van der Waals surface area contributed by atoms with Crippen LogP contribution in [-0.2, 0) is 13.6 Å². The fourth-order valence-corrected chi connectivity index (χ4v) is 4.67. The highest BCUT2D eigenvalue weighted by atomic mass is 16.2. The van der Waals surface area contributed by atoms with E-state index in [0.717, 1.165) is 55.1 Å². The zero-order valence-corrected chi connectivity index (χ0v) is 16.7. The van der Waals surface area contributed by atoms with Crippen LogP contribution in [0.4, 0.5) is 0 Å². The molecular weight excluding hydrogens is 336 g/mol. The largest absolute Gasteiger partial charge is 0.339 e. The van der Waals surface area contributed by atoms with Gasteiger partial charge in [-0.3, -0.25) is 4.79 Å². The van der Waals surface area contributed by atoms with Crippen molar-refractivity contribution >= 4 is 16.8 Å². The SMILES string of the molecule is CCn1ccnc1[C@@H]1CCCN(C(=O)c2c(C)c3cccc(C)c3n2C)C1. The van der Waals surface area contributed by atoms with Crippen molar-refractivity contribution < 1.29 is 4.79 Å². The van der Waals surface area contributed by atoms with Crippen molar-refractivity contribution in [1.82, 2.24) is 19.0 Å². The van der Waals surface area contributed by atoms with Gasteiger partial charge >= 0.3 is 0 Å². The summed E-state index contributed by atoms with van der Waals surface area (Å²) in [7, 11) is 2.01. The summed E-state index contributed by atoms with van der Waals surface area (Å²) in [6.45, 7) is 8.80. The number of imidazole rings is 1. The number of piperidine rings is 1. The van der Waals surface area contributed by atoms with Gasteiger partial charge < -0.3 is 14.0 Å². The van der Waals surface area contributed by atoms with Gasteiger partial charge in [-0.1, -0.05) is 18.2 Å². The van der Waals surface area contributed by atoms with Gasteiger partial charge in [0.05, 0.1) is 5.52 Å². The quantitative estimate of drug-likeness (QED) is 0.704. The first kappa shape index (κ1) is 17.8. The van der Waals surface area contributed by atoms with Crippen LogP contribution in [0.25, 0.3) is 10.9 Å². The molecule has 1 saturated heterocycles. The topological polar surface area (TPSA) is 43.1 Å². The molecule has 0 radical (unpaired) electrons. The number of aromatic nitrogens is 3. The Morgan fingerprint density at radius 2 is 2.11 bits per heavy atom. The van der Waals surface area contributed by atoms with Crippen LogP contribution in [0.5, 0.6) is 0 Å². The van der Waals surface area contributed by atoms with Crippen molar-refractivity contribution in [1.29, 1.82) is 0 Å². The van der Waals surface area contributed by atoms with Crippen LogP contribution in [-0.4, -0.2) is 38.0 Å². The van der Waals surface area contributed by atoms with Gasteiger partial charge in [-0.05, 0) is 44.7 Å². The molecule has 1 amide bonds. The number of amides is 1. The average Bonchev–Trinajstić information content (AvgIpc) is 3.25. The number of aryl methyl sites for hydroxylation is 4. The van der Waals surface area contributed by atoms with E-state index in [1.807, 2.05) is 24.3 Å². The summed E-state index contributed by atoms with van der Waals surface area (Å²) in [4.78, 5) is 20.1. The number of hydrogen-bond acceptors (Lipinski definition) is 2. The molecule has 27 heavy (non-hydrogen) atoms. The highest BCUT2D eigenvalue weighted by Crippen LogP contribution is 2.31. The lowest BCUT2D eigenvalue weighted by Crippen LogP contribution is -2.40. The highest BCUT2D eigenvalue weighted by Gasteiger charge is 2.30. The molecule has 0 aliphatic carbocycles. The lowest BCUT2D eigenvalue weighted by atomic mass is 9.96. The summed E-state index contributed by atoms with van der Waals surface area (Å²) in [6, 6.07) is 6.30. The molecule has 2 aromatic heterocycles. The van der Waals surface area contributed by atoms with Crippen molar-refractivity contribution in [2.24, 2.45) is 7.05 Å². The molecular formula is C22H28N4O. The molecule has 1 atom stereocenters. The van der Waals surface area contributed by atoms with Crippen molar-refractivity contribution in [3.05, 3.63) is 53.2 Å². The summed E-state index contributed by atoms with van der Waals surface area (Å²) in [5, 5.41) is 1.18. The molecule has 0 saturated carbocycles. The van der Waals surface area contributed by atoms with E-state index in [9.17, 15) is 4.79 Å². The van der Waals surface area contributed by atoms with Crippen LogP contribution in [0.1, 0.15) is 53.1 Å². The van der Waals surface area contributed by atoms with Gasteiger partial charge in [0.2, 0.25) is 0 Å². The van der Waals surface area contributed by atoms with Crippen molar-refractivity contribution in [3.63, 3.8) is 0 Å². The van der Waals surface area contributed by atoms with E-state index in [0.29, 0.717) is 5.92 Å². The Balaban J connectivity index is 1.67. The highest BCUT2D eigenvalue weighted by molar-refractivity contribution is 6.02. The van der Waals surface area contributed by atoms with Crippen LogP contribution < -0.4 is 0 Å². The maximum absolute atomic E-state index is 13.5. The molecule has 1 aliphatic heterocycles. The van der Waals surface area contributed by atoms with E-state index in [1.165, 1.54) is 10.9 Å². The number of rotatable bonds is 3. The van der Waals surface area contributed by atoms with Gasteiger partial charge in [0.15, 0.2) is 0 Å². The average molecular weight is 364 g/mol. The summed E-state index contributed by atoms with van der Waals surface area (Å²) >= 11 is 0. The minimum Gasteiger partial charge on any atom is -0.339 e. The van der Waals surface area contributed by atoms with Gasteiger partial charge in [-0.25, -0.2) is 4.98 Å². The maximum Gasteiger partial charge on any atom is 0.270 e. The van der Waals surface area contributed by atoms with Gasteiger partial charge in [0, 0.05) is 50.4 Å². The van der Waals surface area contributed by atoms with Crippen LogP contribution in [0, 0.1) is 13.8 Å². The standard InChI is InChI=1S/C22H28N4O/c1-5-25-13-11-23-21(25)17-9-7-12-26(14-17)22(27)20-16(3)18-10-6-8-15(2)19(18)24(20)4/h6,8,10-11,13,17H,5,7,9,12,14H2,1-4H3/t17-/m1/s1. The number of hydrogen-bond donors (Lipinski definition) is 0. The van der Waals surface area contributed by atoms with E-state index >= 15 is 0 Å². The molecule has 1 fully saturated rings. The van der Waals surface area contributed by atoms with Gasteiger partial charge in [-0.2, -0.15) is 0 Å². The first-order valence-corrected chi connectivity index (χ1v) is 9.87. The maximum atomic E-state index is 13.5. The predicted octanol–water partition coefficient (Wildman–Crippen LogP) is 4.03. The molecule has 5 heteroatoms. The summed E-state index contributed by atoms with van der Waals surface area (Å²) in [5.41, 5.74) is 4.27. The van der Waals surface area contributed by atoms with Gasteiger partial charge in [-0.15, -0.1) is 0 Å². The molecule has 0 spiro atoms. The fourth-order valence-electron chi connectivity index (χ4n) is 4.67. The second-order valence-corrected chi connectivity index (χ2v) is 7.67. The Morgan fingerprint density at radius 3 is 2.85 bits per heavy atom. The van der Waals surface area contributed by atoms with Crippen LogP contribution in [0.15, 0.2) is 30.6 Å². The number of carbonyl (C=O) groups is 1. The van der Waals surface area contributed by atoms with Crippen molar-refractivity contribution in [2.45, 2.75) is 46.1 Å². The Kier molecular flexibility index (Phi) is 4.54. The van der Waals surface area contributed by atoms with Crippen LogP contribution >= 0.6 is 0 Å². The monoisotopic (exact) mass is 364 g/mol. The van der Waals surface area contributed by atoms with E-state index in [2.05, 4.69) is 53.1 Å². The van der Waals surface area contributed by atoms with Gasteiger partial charge in [0.1, 0.15) is 11.5 Å². The first-order valence-electron chi connectivity index (χ1n) is 9.87. The molecule has 3 aromatic rings. The molecule has 3 heterocycles. The Hall–Kier alpha value is -2.56. The van der Waals surface area contributed by atoms with Crippen molar-refractivity contribution in [2.75, 3.05) is 13.1 Å². The number of likely N-dealkylation sites (tertiary alicyclic amines) is 1. The molecule has 142 valence electrons. The number of nitrogens with zero attached hydrogens (tertiary/aromatic N) is 4. The summed E-state index contributed by atoms with van der Waals surface area (Å²) in [6.07, 6.45) is 6.02. The third-order valence-corrected chi connectivity index (χ3v) is 6.03. The first-order chi connectivity index (χ1) is 13.0. The second-order valence-electron chi connectivity index (χ2n) is 7.67. The smallest absolute Gasteiger partial charge is 0.270 e. The Bertz CT molecular complexity index is 997. The molecule has 0 N–H and O–H groups in total. The lowest BCUT2D eigenvalue weighted by molar-refractivity contribution is 0.0693. The zero-order valence-electron chi connectivity index (χ0n) is 16.7. The fraction of sp³-hybridized carbons (Fsp3) is 0.455. The van der Waals surface area contributed by atoms with Crippen molar-refractivity contribution in [3.8, 4) is 0 Å². The Morgan fingerprint density at radius 1 is 1.30 bits per heavy atom. The minimum atomic E-state index is 0.143. The normalized spacial score (nSPS) is 17.6. The lowest BCUT2D eigenvalue weighted by Gasteiger charge is -2.33. The third-order valence-electron chi connectivity index (χ3n) is 6.03. The van der Waals surface area contributed by atoms with E-state index in [4.69, 9.17) is 0 Å². The van der Waals surface area contributed by atoms with Crippen LogP contribution in [0.3, 0.4) is 0 Å². The number of fused-ring (bicyclic) bond motifs is 1. The van der Waals surface area contributed by atoms with Crippen LogP contribution in [0.2, 0.25) is 0 Å². The van der Waals surface area contributed by atoms with Gasteiger partial charge in [0.25, 0.3) is 5.91 Å². The second kappa shape index (κ2) is 6.87. The molecule has 1 aromatic carbocycles. The summed E-state index contributed by atoms with van der Waals surface area (Å²) in [5.74, 6) is 1.57. The Labute approximate surface area is 160 Å². The molecule has 1 aliphatic rings. The zero-order chi connectivity index (χ0) is 19.1. The van der Waals surface area contributed by atoms with E-state index in [1.54, 1.807) is 0 Å².